The Morgan fingerprint density at radius 2 is 2.06 bits per heavy atom. The Hall–Kier alpha value is -0.380. The average Bonchev–Trinajstić information content (AvgIpc) is 2.42. The number of aliphatic hydroxyl groups is 1. The van der Waals surface area contributed by atoms with Crippen molar-refractivity contribution in [1.82, 2.24) is 5.32 Å². The zero-order valence-corrected chi connectivity index (χ0v) is 12.4. The summed E-state index contributed by atoms with van der Waals surface area (Å²) in [4.78, 5) is 2.73. The fraction of sp³-hybridized carbons (Fsp3) is 0.714. The molecule has 1 aromatic heterocycles. The highest BCUT2D eigenvalue weighted by atomic mass is 32.1. The molecule has 0 radical (unpaired) electrons. The van der Waals surface area contributed by atoms with E-state index in [-0.39, 0.29) is 0 Å². The third-order valence-corrected chi connectivity index (χ3v) is 3.82. The maximum atomic E-state index is 10.2. The molecule has 0 fully saturated rings. The second-order valence-corrected chi connectivity index (χ2v) is 7.10. The van der Waals surface area contributed by atoms with E-state index in [0.717, 1.165) is 13.0 Å². The Kier molecular flexibility index (Phi) is 5.17. The van der Waals surface area contributed by atoms with E-state index in [9.17, 15) is 5.11 Å². The van der Waals surface area contributed by atoms with Gasteiger partial charge in [-0.1, -0.05) is 13.8 Å². The zero-order valence-electron chi connectivity index (χ0n) is 11.6. The van der Waals surface area contributed by atoms with Crippen LogP contribution in [0.2, 0.25) is 0 Å². The molecule has 3 heteroatoms. The van der Waals surface area contributed by atoms with Gasteiger partial charge in [0, 0.05) is 22.8 Å². The van der Waals surface area contributed by atoms with Crippen LogP contribution < -0.4 is 5.32 Å². The maximum Gasteiger partial charge on any atom is 0.0746 e. The van der Waals surface area contributed by atoms with Gasteiger partial charge in [-0.25, -0.2) is 0 Å². The van der Waals surface area contributed by atoms with Crippen molar-refractivity contribution < 1.29 is 5.11 Å². The first-order chi connectivity index (χ1) is 7.80. The van der Waals surface area contributed by atoms with E-state index in [1.807, 2.05) is 18.3 Å². The Labute approximate surface area is 109 Å². The Morgan fingerprint density at radius 3 is 2.53 bits per heavy atom. The zero-order chi connectivity index (χ0) is 13.1. The van der Waals surface area contributed by atoms with Gasteiger partial charge >= 0.3 is 0 Å². The van der Waals surface area contributed by atoms with Crippen LogP contribution in [0.3, 0.4) is 0 Å². The van der Waals surface area contributed by atoms with Crippen molar-refractivity contribution in [3.8, 4) is 0 Å². The van der Waals surface area contributed by atoms with Gasteiger partial charge in [-0.15, -0.1) is 11.3 Å². The Balaban J connectivity index is 2.39. The number of nitrogens with one attached hydrogen (secondary N) is 1. The lowest BCUT2D eigenvalue weighted by atomic mass is 9.94. The topological polar surface area (TPSA) is 32.3 Å². The minimum atomic E-state index is -0.604. The number of hydrogen-bond donors (Lipinski definition) is 2. The number of thiophene rings is 1. The molecule has 0 aromatic carbocycles. The predicted octanol–water partition coefficient (Wildman–Crippen LogP) is 3.25. The molecule has 98 valence electrons. The van der Waals surface area contributed by atoms with Crippen LogP contribution in [0, 0.1) is 19.8 Å². The molecule has 0 spiro atoms. The summed E-state index contributed by atoms with van der Waals surface area (Å²) in [6.07, 6.45) is 0.835. The molecule has 1 unspecified atom stereocenters. The van der Waals surface area contributed by atoms with Crippen molar-refractivity contribution in [2.24, 2.45) is 5.92 Å². The lowest BCUT2D eigenvalue weighted by molar-refractivity contribution is 0.0383. The van der Waals surface area contributed by atoms with E-state index in [2.05, 4.69) is 39.1 Å². The molecule has 2 N–H and O–H groups in total. The number of hydrogen-bond acceptors (Lipinski definition) is 3. The van der Waals surface area contributed by atoms with E-state index < -0.39 is 5.60 Å². The maximum absolute atomic E-state index is 10.2. The molecule has 2 nitrogen and oxygen atoms in total. The van der Waals surface area contributed by atoms with E-state index >= 15 is 0 Å². The van der Waals surface area contributed by atoms with Crippen LogP contribution in [0.4, 0.5) is 0 Å². The highest BCUT2D eigenvalue weighted by Crippen LogP contribution is 2.21. The van der Waals surface area contributed by atoms with Crippen LogP contribution in [0.1, 0.15) is 42.5 Å². The van der Waals surface area contributed by atoms with Gasteiger partial charge < -0.3 is 10.4 Å². The van der Waals surface area contributed by atoms with Crippen molar-refractivity contribution >= 4 is 11.3 Å². The van der Waals surface area contributed by atoms with Crippen molar-refractivity contribution in [3.05, 3.63) is 21.4 Å². The van der Waals surface area contributed by atoms with Crippen LogP contribution >= 0.6 is 11.3 Å². The van der Waals surface area contributed by atoms with Crippen molar-refractivity contribution in [2.75, 3.05) is 6.54 Å². The standard InChI is InChI=1S/C14H25NOS/c1-10(2)7-14(5,16)9-15-8-13-6-11(3)17-12(13)4/h6,10,15-16H,7-9H2,1-5H3. The molecule has 0 aliphatic rings. The quantitative estimate of drug-likeness (QED) is 0.818. The van der Waals surface area contributed by atoms with Crippen molar-refractivity contribution in [2.45, 2.75) is 53.2 Å². The third kappa shape index (κ3) is 5.19. The molecule has 1 heterocycles. The smallest absolute Gasteiger partial charge is 0.0746 e. The second kappa shape index (κ2) is 5.98. The van der Waals surface area contributed by atoms with Gasteiger partial charge in [0.25, 0.3) is 0 Å². The summed E-state index contributed by atoms with van der Waals surface area (Å²) in [5, 5.41) is 13.5. The van der Waals surface area contributed by atoms with Crippen LogP contribution in [0.5, 0.6) is 0 Å². The summed E-state index contributed by atoms with van der Waals surface area (Å²) < 4.78 is 0. The van der Waals surface area contributed by atoms with Crippen molar-refractivity contribution in [1.29, 1.82) is 0 Å². The molecule has 0 amide bonds. The summed E-state index contributed by atoms with van der Waals surface area (Å²) in [7, 11) is 0. The molecule has 0 aliphatic carbocycles. The molecule has 0 aliphatic heterocycles. The van der Waals surface area contributed by atoms with Gasteiger partial charge in [0.2, 0.25) is 0 Å². The van der Waals surface area contributed by atoms with Gasteiger partial charge in [-0.05, 0) is 44.7 Å². The normalized spacial score (nSPS) is 15.2. The van der Waals surface area contributed by atoms with Crippen LogP contribution in [-0.4, -0.2) is 17.3 Å². The Bertz CT molecular complexity index is 355. The average molecular weight is 255 g/mol. The fourth-order valence-electron chi connectivity index (χ4n) is 2.28. The largest absolute Gasteiger partial charge is 0.389 e. The third-order valence-electron chi connectivity index (χ3n) is 2.81. The van der Waals surface area contributed by atoms with E-state index in [1.54, 1.807) is 0 Å². The first-order valence-corrected chi connectivity index (χ1v) is 7.11. The van der Waals surface area contributed by atoms with Gasteiger partial charge in [0.15, 0.2) is 0 Å². The van der Waals surface area contributed by atoms with E-state index in [0.29, 0.717) is 12.5 Å². The van der Waals surface area contributed by atoms with Gasteiger partial charge in [-0.2, -0.15) is 0 Å². The molecule has 1 aromatic rings. The Morgan fingerprint density at radius 1 is 1.41 bits per heavy atom. The summed E-state index contributed by atoms with van der Waals surface area (Å²) in [6, 6.07) is 2.23. The SMILES string of the molecule is Cc1cc(CNCC(C)(O)CC(C)C)c(C)s1. The molecule has 1 rings (SSSR count). The molecule has 0 bridgehead atoms. The summed E-state index contributed by atoms with van der Waals surface area (Å²) >= 11 is 1.84. The van der Waals surface area contributed by atoms with Gasteiger partial charge in [-0.3, -0.25) is 0 Å². The van der Waals surface area contributed by atoms with Crippen molar-refractivity contribution in [3.63, 3.8) is 0 Å². The molecule has 0 saturated carbocycles. The van der Waals surface area contributed by atoms with Crippen LogP contribution in [0.15, 0.2) is 6.07 Å². The lowest BCUT2D eigenvalue weighted by Gasteiger charge is -2.25. The van der Waals surface area contributed by atoms with Gasteiger partial charge in [0.1, 0.15) is 0 Å². The van der Waals surface area contributed by atoms with Gasteiger partial charge in [0.05, 0.1) is 5.60 Å². The fourth-order valence-corrected chi connectivity index (χ4v) is 3.22. The highest BCUT2D eigenvalue weighted by Gasteiger charge is 2.21. The monoisotopic (exact) mass is 255 g/mol. The molecule has 17 heavy (non-hydrogen) atoms. The lowest BCUT2D eigenvalue weighted by Crippen LogP contribution is -2.38. The first kappa shape index (κ1) is 14.7. The summed E-state index contributed by atoms with van der Waals surface area (Å²) in [5.74, 6) is 0.525. The van der Waals surface area contributed by atoms with E-state index in [1.165, 1.54) is 15.3 Å². The molecule has 0 saturated heterocycles. The second-order valence-electron chi connectivity index (χ2n) is 5.64. The first-order valence-electron chi connectivity index (χ1n) is 6.29. The summed E-state index contributed by atoms with van der Waals surface area (Å²) in [6.45, 7) is 12.0. The number of aryl methyl sites for hydroxylation is 2. The predicted molar refractivity (Wildman–Crippen MR) is 75.6 cm³/mol. The summed E-state index contributed by atoms with van der Waals surface area (Å²) in [5.41, 5.74) is 0.750. The van der Waals surface area contributed by atoms with Crippen LogP contribution in [0.25, 0.3) is 0 Å². The highest BCUT2D eigenvalue weighted by molar-refractivity contribution is 7.12. The minimum absolute atomic E-state index is 0.525. The van der Waals surface area contributed by atoms with E-state index in [4.69, 9.17) is 0 Å². The van der Waals surface area contributed by atoms with Crippen LogP contribution in [-0.2, 0) is 6.54 Å². The molecular formula is C14H25NOS. The number of rotatable bonds is 6. The molecule has 1 atom stereocenters. The minimum Gasteiger partial charge on any atom is -0.389 e. The molecular weight excluding hydrogens is 230 g/mol.